The van der Waals surface area contributed by atoms with Gasteiger partial charge >= 0.3 is 5.97 Å². The van der Waals surface area contributed by atoms with Crippen molar-refractivity contribution in [2.75, 3.05) is 49.7 Å². The standard InChI is InChI=1S/C30H30ClN5O6S/c1-3-42-26(39)9-5-17-4-7-21(27-19(17)6-8-25(34-27)41-2)32-30(40)18-10-12-36(13-11-18)15-22(37)28-20(31)14-23-29(35-28)33-24(38)16-43-23/h4-9,14,18H,3,10-13,15-16H2,1-2H3,(H,32,40)(H,33,35,38)/b9-5+. The topological polar surface area (TPSA) is 140 Å². The number of hydrogen-bond acceptors (Lipinski definition) is 10. The first-order valence-electron chi connectivity index (χ1n) is 13.8. The van der Waals surface area contributed by atoms with E-state index in [9.17, 15) is 19.2 Å². The summed E-state index contributed by atoms with van der Waals surface area (Å²) in [4.78, 5) is 61.5. The highest BCUT2D eigenvalue weighted by molar-refractivity contribution is 8.00. The van der Waals surface area contributed by atoms with Crippen molar-refractivity contribution in [2.45, 2.75) is 24.7 Å². The van der Waals surface area contributed by atoms with Crippen LogP contribution in [0.4, 0.5) is 11.5 Å². The third kappa shape index (κ3) is 7.15. The predicted octanol–water partition coefficient (Wildman–Crippen LogP) is 4.45. The monoisotopic (exact) mass is 623 g/mol. The van der Waals surface area contributed by atoms with Gasteiger partial charge in [0.05, 0.1) is 47.1 Å². The van der Waals surface area contributed by atoms with E-state index in [4.69, 9.17) is 21.1 Å². The number of rotatable bonds is 9. The van der Waals surface area contributed by atoms with E-state index >= 15 is 0 Å². The minimum absolute atomic E-state index is 0.107. The van der Waals surface area contributed by atoms with Crippen molar-refractivity contribution in [3.63, 3.8) is 0 Å². The molecule has 224 valence electrons. The molecule has 2 N–H and O–H groups in total. The zero-order chi connectivity index (χ0) is 30.5. The van der Waals surface area contributed by atoms with Crippen molar-refractivity contribution < 1.29 is 28.7 Å². The molecule has 0 unspecified atom stereocenters. The van der Waals surface area contributed by atoms with Gasteiger partial charge < -0.3 is 20.1 Å². The number of nitrogens with zero attached hydrogens (tertiary/aromatic N) is 3. The second-order valence-corrected chi connectivity index (χ2v) is 11.4. The fourth-order valence-corrected chi connectivity index (χ4v) is 6.09. The van der Waals surface area contributed by atoms with Gasteiger partial charge in [-0.05, 0) is 62.7 Å². The average Bonchev–Trinajstić information content (AvgIpc) is 3.00. The maximum Gasteiger partial charge on any atom is 0.330 e. The zero-order valence-electron chi connectivity index (χ0n) is 23.6. The van der Waals surface area contributed by atoms with Crippen molar-refractivity contribution in [1.82, 2.24) is 14.9 Å². The molecule has 0 bridgehead atoms. The molecule has 1 saturated heterocycles. The molecule has 2 amide bonds. The molecule has 43 heavy (non-hydrogen) atoms. The van der Waals surface area contributed by atoms with Gasteiger partial charge in [-0.1, -0.05) is 17.7 Å². The van der Waals surface area contributed by atoms with E-state index in [2.05, 4.69) is 20.6 Å². The van der Waals surface area contributed by atoms with Crippen LogP contribution in [0.15, 0.2) is 41.3 Å². The van der Waals surface area contributed by atoms with Crippen LogP contribution in [0.5, 0.6) is 5.88 Å². The Bertz CT molecular complexity index is 1620. The number of hydrogen-bond donors (Lipinski definition) is 2. The lowest BCUT2D eigenvalue weighted by Gasteiger charge is -2.30. The second-order valence-electron chi connectivity index (χ2n) is 10.0. The molecule has 4 heterocycles. The number of ether oxygens (including phenoxy) is 2. The van der Waals surface area contributed by atoms with Gasteiger partial charge in [0.1, 0.15) is 11.5 Å². The van der Waals surface area contributed by atoms with Crippen LogP contribution in [0.25, 0.3) is 17.0 Å². The first-order chi connectivity index (χ1) is 20.7. The molecule has 5 rings (SSSR count). The van der Waals surface area contributed by atoms with E-state index in [0.29, 0.717) is 48.8 Å². The molecule has 13 heteroatoms. The molecular weight excluding hydrogens is 594 g/mol. The van der Waals surface area contributed by atoms with Crippen molar-refractivity contribution in [1.29, 1.82) is 0 Å². The molecule has 1 aromatic carbocycles. The van der Waals surface area contributed by atoms with Gasteiger partial charge in [-0.2, -0.15) is 0 Å². The molecule has 0 spiro atoms. The minimum atomic E-state index is -0.447. The Morgan fingerprint density at radius 3 is 2.72 bits per heavy atom. The molecule has 0 aliphatic carbocycles. The van der Waals surface area contributed by atoms with Crippen LogP contribution in [-0.2, 0) is 19.1 Å². The zero-order valence-corrected chi connectivity index (χ0v) is 25.2. The minimum Gasteiger partial charge on any atom is -0.481 e. The number of carbonyl (C=O) groups excluding carboxylic acids is 4. The molecule has 0 radical (unpaired) electrons. The number of nitrogens with one attached hydrogen (secondary N) is 2. The number of amides is 2. The third-order valence-electron chi connectivity index (χ3n) is 7.17. The van der Waals surface area contributed by atoms with Crippen LogP contribution in [0, 0.1) is 5.92 Å². The number of thioether (sulfide) groups is 1. The van der Waals surface area contributed by atoms with Crippen LogP contribution in [-0.4, -0.2) is 77.5 Å². The van der Waals surface area contributed by atoms with Crippen LogP contribution in [0.1, 0.15) is 35.8 Å². The van der Waals surface area contributed by atoms with Gasteiger partial charge in [0.25, 0.3) is 0 Å². The van der Waals surface area contributed by atoms with E-state index in [-0.39, 0.29) is 53.1 Å². The Balaban J connectivity index is 1.23. The lowest BCUT2D eigenvalue weighted by Crippen LogP contribution is -2.40. The Morgan fingerprint density at radius 1 is 1.19 bits per heavy atom. The fourth-order valence-electron chi connectivity index (χ4n) is 4.97. The molecular formula is C30H30ClN5O6S. The summed E-state index contributed by atoms with van der Waals surface area (Å²) < 4.78 is 10.3. The molecule has 0 saturated carbocycles. The van der Waals surface area contributed by atoms with Gasteiger partial charge in [0.2, 0.25) is 17.7 Å². The third-order valence-corrected chi connectivity index (χ3v) is 8.48. The Morgan fingerprint density at radius 2 is 1.98 bits per heavy atom. The van der Waals surface area contributed by atoms with Gasteiger partial charge in [0, 0.05) is 23.4 Å². The second kappa shape index (κ2) is 13.5. The quantitative estimate of drug-likeness (QED) is 0.200. The first kappa shape index (κ1) is 30.5. The molecule has 2 aliphatic rings. The number of ketones is 1. The molecule has 2 aliphatic heterocycles. The number of methoxy groups -OCH3 is 1. The lowest BCUT2D eigenvalue weighted by molar-refractivity contribution is -0.137. The predicted molar refractivity (Wildman–Crippen MR) is 165 cm³/mol. The fraction of sp³-hybridized carbons (Fsp3) is 0.333. The van der Waals surface area contributed by atoms with E-state index in [0.717, 1.165) is 15.8 Å². The summed E-state index contributed by atoms with van der Waals surface area (Å²) in [5, 5.41) is 6.69. The Labute approximate surface area is 257 Å². The SMILES string of the molecule is CCOC(=O)/C=C/c1ccc(NC(=O)C2CCN(CC(=O)c3nc4c(cc3Cl)SCC(=O)N4)CC2)c2nc(OC)ccc12. The van der Waals surface area contributed by atoms with Crippen LogP contribution < -0.4 is 15.4 Å². The Kier molecular flexibility index (Phi) is 9.59. The van der Waals surface area contributed by atoms with Gasteiger partial charge in [-0.25, -0.2) is 14.8 Å². The molecule has 3 aromatic rings. The number of Topliss-reactive ketones (excluding diaryl/α,β-unsaturated/α-hetero) is 1. The van der Waals surface area contributed by atoms with E-state index in [1.54, 1.807) is 37.3 Å². The number of fused-ring (bicyclic) bond motifs is 2. The number of likely N-dealkylation sites (tertiary alicyclic amines) is 1. The highest BCUT2D eigenvalue weighted by atomic mass is 35.5. The van der Waals surface area contributed by atoms with Gasteiger partial charge in [-0.15, -0.1) is 11.8 Å². The number of benzene rings is 1. The van der Waals surface area contributed by atoms with Crippen molar-refractivity contribution >= 4 is 75.4 Å². The summed E-state index contributed by atoms with van der Waals surface area (Å²) in [5.74, 6) is -0.236. The van der Waals surface area contributed by atoms with Crippen LogP contribution in [0.2, 0.25) is 5.02 Å². The summed E-state index contributed by atoms with van der Waals surface area (Å²) in [6.07, 6.45) is 4.13. The average molecular weight is 624 g/mol. The van der Waals surface area contributed by atoms with Crippen LogP contribution >= 0.6 is 23.4 Å². The summed E-state index contributed by atoms with van der Waals surface area (Å²) in [5.41, 5.74) is 1.93. The van der Waals surface area contributed by atoms with Gasteiger partial charge in [0.15, 0.2) is 5.78 Å². The summed E-state index contributed by atoms with van der Waals surface area (Å²) in [7, 11) is 1.52. The Hall–Kier alpha value is -4.00. The summed E-state index contributed by atoms with van der Waals surface area (Å²) in [6.45, 7) is 3.22. The van der Waals surface area contributed by atoms with Gasteiger partial charge in [-0.3, -0.25) is 19.3 Å². The lowest BCUT2D eigenvalue weighted by atomic mass is 9.95. The van der Waals surface area contributed by atoms with E-state index < -0.39 is 5.97 Å². The van der Waals surface area contributed by atoms with E-state index in [1.165, 1.54) is 24.9 Å². The molecule has 11 nitrogen and oxygen atoms in total. The number of pyridine rings is 2. The summed E-state index contributed by atoms with van der Waals surface area (Å²) >= 11 is 7.68. The largest absolute Gasteiger partial charge is 0.481 e. The molecule has 0 atom stereocenters. The number of halogens is 1. The number of carbonyl (C=O) groups is 4. The smallest absolute Gasteiger partial charge is 0.330 e. The van der Waals surface area contributed by atoms with Crippen molar-refractivity contribution in [3.05, 3.63) is 52.7 Å². The van der Waals surface area contributed by atoms with Crippen molar-refractivity contribution in [3.8, 4) is 5.88 Å². The number of esters is 1. The van der Waals surface area contributed by atoms with E-state index in [1.807, 2.05) is 11.0 Å². The number of aromatic nitrogens is 2. The molecule has 1 fully saturated rings. The maximum atomic E-state index is 13.3. The number of piperidine rings is 1. The highest BCUT2D eigenvalue weighted by Crippen LogP contribution is 2.34. The van der Waals surface area contributed by atoms with Crippen LogP contribution in [0.3, 0.4) is 0 Å². The number of anilines is 2. The maximum absolute atomic E-state index is 13.3. The normalized spacial score (nSPS) is 15.7. The summed E-state index contributed by atoms with van der Waals surface area (Å²) in [6, 6.07) is 8.76. The first-order valence-corrected chi connectivity index (χ1v) is 15.1. The molecule has 2 aromatic heterocycles. The highest BCUT2D eigenvalue weighted by Gasteiger charge is 2.28. The van der Waals surface area contributed by atoms with Crippen molar-refractivity contribution in [2.24, 2.45) is 5.92 Å².